The van der Waals surface area contributed by atoms with E-state index in [0.29, 0.717) is 57.2 Å². The van der Waals surface area contributed by atoms with E-state index in [-0.39, 0.29) is 44.3 Å². The van der Waals surface area contributed by atoms with E-state index < -0.39 is 121 Å². The molecule has 70 heavy (non-hydrogen) atoms. The third-order valence-electron chi connectivity index (χ3n) is 12.4. The monoisotopic (exact) mass is 996 g/mol. The molecule has 0 aromatic heterocycles. The number of hydrogen-bond donors (Lipinski definition) is 9. The SMILES string of the molecule is CN[C@@H](CCSC)C(=O)C[C@@H](C)C(=O)N[C@@H](Cc1ccccc1)C(=O)C[C@@H](Cc1ccccc1)C(=O)N[C@@H](CO)C(=O)C[C@@H](CCC(=O)O)C(=O)N[C@@H](CCCCN)C(=O)C[C@@H](CCCCN)C(N)=O. The number of rotatable bonds is 39. The van der Waals surface area contributed by atoms with E-state index >= 15 is 0 Å². The molecule has 0 spiro atoms. The summed E-state index contributed by atoms with van der Waals surface area (Å²) in [5.74, 6) is -9.20. The second-order valence-electron chi connectivity index (χ2n) is 17.9. The summed E-state index contributed by atoms with van der Waals surface area (Å²) >= 11 is 1.60. The molecule has 0 aliphatic rings. The lowest BCUT2D eigenvalue weighted by molar-refractivity contribution is -0.139. The summed E-state index contributed by atoms with van der Waals surface area (Å²) in [6.07, 6.45) is 3.02. The molecule has 0 aliphatic heterocycles. The minimum atomic E-state index is -1.58. The van der Waals surface area contributed by atoms with Crippen LogP contribution >= 0.6 is 11.8 Å². The number of hydrogen-bond acceptors (Lipinski definition) is 14. The Morgan fingerprint density at radius 1 is 0.571 bits per heavy atom. The number of carbonyl (C=O) groups is 9. The van der Waals surface area contributed by atoms with Crippen molar-refractivity contribution in [1.29, 1.82) is 0 Å². The number of likely N-dealkylation sites (N-methyl/N-ethyl adjacent to an activating group) is 1. The fourth-order valence-electron chi connectivity index (χ4n) is 8.08. The van der Waals surface area contributed by atoms with E-state index in [9.17, 15) is 53.4 Å². The second kappa shape index (κ2) is 34.1. The lowest BCUT2D eigenvalue weighted by Crippen LogP contribution is -2.50. The first-order valence-corrected chi connectivity index (χ1v) is 25.7. The van der Waals surface area contributed by atoms with Gasteiger partial charge in [-0.3, -0.25) is 43.2 Å². The lowest BCUT2D eigenvalue weighted by atomic mass is 9.88. The molecule has 0 aliphatic carbocycles. The standard InChI is InChI=1S/C51H77N7O11S/c1-33(26-43(60)39(55-2)22-25-70-3)49(67)57-41(28-35-16-8-5-9-17-35)45(62)31-38(27-34-14-6-4-7-15-34)51(69)58-42(32-59)46(63)30-37(20-21-47(64)65)50(68)56-40(19-11-13-24-53)44(61)29-36(48(54)66)18-10-12-23-52/h4-9,14-17,33,36-42,55,59H,10-13,18-32,52-53H2,1-3H3,(H2,54,66)(H,56,68)(H,57,67)(H,58,69)(H,64,65)/t33-,36-,37-,38-,39+,40+,41+,42+/m1/s1. The maximum Gasteiger partial charge on any atom is 0.303 e. The minimum Gasteiger partial charge on any atom is -0.481 e. The van der Waals surface area contributed by atoms with Gasteiger partial charge in [0, 0.05) is 55.8 Å². The van der Waals surface area contributed by atoms with Gasteiger partial charge in [0.25, 0.3) is 0 Å². The van der Waals surface area contributed by atoms with Crippen LogP contribution in [-0.4, -0.2) is 126 Å². The first-order valence-electron chi connectivity index (χ1n) is 24.3. The number of carboxylic acid groups (broad SMARTS) is 1. The zero-order chi connectivity index (χ0) is 52.0. The largest absolute Gasteiger partial charge is 0.481 e. The number of aliphatic hydroxyl groups excluding tert-OH is 1. The first-order chi connectivity index (χ1) is 33.5. The smallest absolute Gasteiger partial charge is 0.303 e. The van der Waals surface area contributed by atoms with Gasteiger partial charge in [-0.15, -0.1) is 0 Å². The van der Waals surface area contributed by atoms with Crippen LogP contribution in [0.5, 0.6) is 0 Å². The highest BCUT2D eigenvalue weighted by Crippen LogP contribution is 2.21. The predicted molar refractivity (Wildman–Crippen MR) is 269 cm³/mol. The van der Waals surface area contributed by atoms with Gasteiger partial charge in [-0.05, 0) is 101 Å². The van der Waals surface area contributed by atoms with Crippen molar-refractivity contribution in [1.82, 2.24) is 21.3 Å². The van der Waals surface area contributed by atoms with Crippen molar-refractivity contribution in [3.05, 3.63) is 71.8 Å². The number of Topliss-reactive ketones (excluding diaryl/α,β-unsaturated/α-hetero) is 4. The van der Waals surface area contributed by atoms with Gasteiger partial charge in [-0.1, -0.05) is 74.0 Å². The molecule has 0 bridgehead atoms. The summed E-state index contributed by atoms with van der Waals surface area (Å²) in [5, 5.41) is 31.1. The quantitative estimate of drug-likeness (QED) is 0.0434. The van der Waals surface area contributed by atoms with E-state index in [0.717, 1.165) is 11.3 Å². The third kappa shape index (κ3) is 23.1. The van der Waals surface area contributed by atoms with Gasteiger partial charge < -0.3 is 48.7 Å². The highest BCUT2D eigenvalue weighted by molar-refractivity contribution is 7.98. The van der Waals surface area contributed by atoms with Gasteiger partial charge in [0.1, 0.15) is 6.04 Å². The Bertz CT molecular complexity index is 1980. The first kappa shape index (κ1) is 60.8. The van der Waals surface area contributed by atoms with Gasteiger partial charge >= 0.3 is 5.97 Å². The predicted octanol–water partition coefficient (Wildman–Crippen LogP) is 2.19. The van der Waals surface area contributed by atoms with Crippen molar-refractivity contribution in [3.8, 4) is 0 Å². The fraction of sp³-hybridized carbons (Fsp3) is 0.588. The van der Waals surface area contributed by atoms with Crippen LogP contribution in [0.4, 0.5) is 0 Å². The van der Waals surface area contributed by atoms with Crippen LogP contribution in [0.15, 0.2) is 60.7 Å². The maximum atomic E-state index is 14.4. The van der Waals surface area contributed by atoms with Crippen LogP contribution in [0.2, 0.25) is 0 Å². The van der Waals surface area contributed by atoms with Crippen molar-refractivity contribution in [2.24, 2.45) is 40.9 Å². The van der Waals surface area contributed by atoms with Crippen LogP contribution in [0.1, 0.15) is 102 Å². The molecule has 2 rings (SSSR count). The molecule has 4 amide bonds. The number of carboxylic acids is 1. The molecule has 388 valence electrons. The van der Waals surface area contributed by atoms with Crippen LogP contribution in [0, 0.1) is 23.7 Å². The van der Waals surface area contributed by atoms with Crippen molar-refractivity contribution < 1.29 is 53.4 Å². The Balaban J connectivity index is 2.39. The van der Waals surface area contributed by atoms with E-state index in [1.165, 1.54) is 0 Å². The number of nitrogens with one attached hydrogen (secondary N) is 4. The maximum absolute atomic E-state index is 14.4. The summed E-state index contributed by atoms with van der Waals surface area (Å²) in [6.45, 7) is 1.41. The molecular formula is C51H77N7O11S. The van der Waals surface area contributed by atoms with Gasteiger partial charge in [0.05, 0.1) is 24.7 Å². The zero-order valence-corrected chi connectivity index (χ0v) is 41.9. The number of aliphatic hydroxyl groups is 1. The third-order valence-corrected chi connectivity index (χ3v) is 13.0. The number of carbonyl (C=O) groups excluding carboxylic acids is 8. The summed E-state index contributed by atoms with van der Waals surface area (Å²) in [7, 11) is 1.69. The molecule has 0 unspecified atom stereocenters. The molecule has 12 N–H and O–H groups in total. The molecule has 0 fully saturated rings. The second-order valence-corrected chi connectivity index (χ2v) is 18.9. The molecule has 2 aromatic carbocycles. The van der Waals surface area contributed by atoms with Crippen LogP contribution in [0.3, 0.4) is 0 Å². The Kier molecular flexibility index (Phi) is 29.6. The molecule has 0 saturated carbocycles. The van der Waals surface area contributed by atoms with Gasteiger partial charge in [0.15, 0.2) is 23.1 Å². The van der Waals surface area contributed by atoms with Crippen LogP contribution in [-0.2, 0) is 56.0 Å². The molecule has 19 heteroatoms. The molecule has 18 nitrogen and oxygen atoms in total. The molecule has 0 radical (unpaired) electrons. The molecule has 0 heterocycles. The van der Waals surface area contributed by atoms with Crippen molar-refractivity contribution >= 4 is 64.5 Å². The molecule has 8 atom stereocenters. The van der Waals surface area contributed by atoms with Gasteiger partial charge in [0.2, 0.25) is 23.6 Å². The van der Waals surface area contributed by atoms with E-state index in [2.05, 4.69) is 21.3 Å². The van der Waals surface area contributed by atoms with E-state index in [1.807, 2.05) is 6.26 Å². The Hall–Kier alpha value is -5.34. The highest BCUT2D eigenvalue weighted by Gasteiger charge is 2.35. The summed E-state index contributed by atoms with van der Waals surface area (Å²) in [4.78, 5) is 121. The topological polar surface area (TPSA) is 320 Å². The normalized spacial score (nSPS) is 14.7. The average molecular weight is 996 g/mol. The van der Waals surface area contributed by atoms with Gasteiger partial charge in [-0.2, -0.15) is 11.8 Å². The summed E-state index contributed by atoms with van der Waals surface area (Å²) in [5.41, 5.74) is 18.3. The molecular weight excluding hydrogens is 919 g/mol. The van der Waals surface area contributed by atoms with E-state index in [1.54, 1.807) is 86.4 Å². The Morgan fingerprint density at radius 3 is 1.60 bits per heavy atom. The number of amides is 4. The van der Waals surface area contributed by atoms with Crippen LogP contribution < -0.4 is 38.5 Å². The number of thioether (sulfide) groups is 1. The summed E-state index contributed by atoms with van der Waals surface area (Å²) in [6, 6.07) is 13.5. The highest BCUT2D eigenvalue weighted by atomic mass is 32.2. The number of nitrogens with two attached hydrogens (primary N) is 3. The average Bonchev–Trinajstić information content (AvgIpc) is 3.33. The van der Waals surface area contributed by atoms with E-state index in [4.69, 9.17) is 17.2 Å². The van der Waals surface area contributed by atoms with Crippen LogP contribution in [0.25, 0.3) is 0 Å². The lowest BCUT2D eigenvalue weighted by Gasteiger charge is -2.26. The minimum absolute atomic E-state index is 0.0238. The Labute approximate surface area is 416 Å². The Morgan fingerprint density at radius 2 is 1.06 bits per heavy atom. The molecule has 2 aromatic rings. The number of aliphatic carboxylic acids is 1. The van der Waals surface area contributed by atoms with Gasteiger partial charge in [-0.25, -0.2) is 0 Å². The number of unbranched alkanes of at least 4 members (excludes halogenated alkanes) is 2. The summed E-state index contributed by atoms with van der Waals surface area (Å²) < 4.78 is 0. The zero-order valence-electron chi connectivity index (χ0n) is 41.0. The van der Waals surface area contributed by atoms with Crippen molar-refractivity contribution in [2.45, 2.75) is 127 Å². The molecule has 0 saturated heterocycles. The number of benzene rings is 2. The fourth-order valence-corrected chi connectivity index (χ4v) is 8.55. The number of ketones is 4. The van der Waals surface area contributed by atoms with Crippen molar-refractivity contribution in [3.63, 3.8) is 0 Å². The van der Waals surface area contributed by atoms with Crippen molar-refractivity contribution in [2.75, 3.05) is 38.8 Å². The number of primary amides is 1.